The maximum absolute atomic E-state index is 12.7. The number of aryl methyl sites for hydroxylation is 2. The molecule has 0 spiro atoms. The fraction of sp³-hybridized carbons (Fsp3) is 0.571. The Balaban J connectivity index is 1.43. The first kappa shape index (κ1) is 18.2. The highest BCUT2D eigenvalue weighted by molar-refractivity contribution is 5.79. The summed E-state index contributed by atoms with van der Waals surface area (Å²) in [5, 5.41) is 4.06. The normalized spacial score (nSPS) is 19.4. The summed E-state index contributed by atoms with van der Waals surface area (Å²) >= 11 is 0. The monoisotopic (exact) mass is 369 g/mol. The summed E-state index contributed by atoms with van der Waals surface area (Å²) in [6, 6.07) is 4.17. The van der Waals surface area contributed by atoms with Crippen molar-refractivity contribution >= 4 is 5.91 Å². The second-order valence-electron chi connectivity index (χ2n) is 7.65. The van der Waals surface area contributed by atoms with E-state index in [-0.39, 0.29) is 5.92 Å². The van der Waals surface area contributed by atoms with Gasteiger partial charge < -0.3 is 14.2 Å². The van der Waals surface area contributed by atoms with Crippen molar-refractivity contribution in [3.05, 3.63) is 35.5 Å². The van der Waals surface area contributed by atoms with Gasteiger partial charge in [0, 0.05) is 55.6 Å². The van der Waals surface area contributed by atoms with Crippen LogP contribution in [-0.2, 0) is 9.53 Å². The molecule has 4 heterocycles. The number of pyridine rings is 1. The largest absolute Gasteiger partial charge is 0.381 e. The molecule has 0 saturated carbocycles. The summed E-state index contributed by atoms with van der Waals surface area (Å²) in [6.07, 6.45) is 5.52. The van der Waals surface area contributed by atoms with Gasteiger partial charge in [0.2, 0.25) is 5.91 Å². The minimum absolute atomic E-state index is 0.149. The molecule has 0 bridgehead atoms. The van der Waals surface area contributed by atoms with Crippen molar-refractivity contribution in [2.24, 2.45) is 5.92 Å². The van der Waals surface area contributed by atoms with Crippen LogP contribution in [0.3, 0.4) is 0 Å². The molecule has 2 aliphatic heterocycles. The molecule has 2 aliphatic rings. The van der Waals surface area contributed by atoms with E-state index >= 15 is 0 Å². The SMILES string of the molecule is Cc1noc(C)c1-c1ccnc(C2CCN(C(=O)C3CCOCC3)CC2)c1. The second-order valence-corrected chi connectivity index (χ2v) is 7.65. The van der Waals surface area contributed by atoms with E-state index in [0.29, 0.717) is 25.0 Å². The van der Waals surface area contributed by atoms with Crippen LogP contribution in [0, 0.1) is 19.8 Å². The van der Waals surface area contributed by atoms with Crippen molar-refractivity contribution < 1.29 is 14.1 Å². The van der Waals surface area contributed by atoms with E-state index in [1.54, 1.807) is 0 Å². The Hall–Kier alpha value is -2.21. The summed E-state index contributed by atoms with van der Waals surface area (Å²) in [7, 11) is 0. The first-order valence-corrected chi connectivity index (χ1v) is 9.89. The summed E-state index contributed by atoms with van der Waals surface area (Å²) in [6.45, 7) is 6.97. The quantitative estimate of drug-likeness (QED) is 0.828. The molecular weight excluding hydrogens is 342 g/mol. The molecule has 2 fully saturated rings. The number of nitrogens with zero attached hydrogens (tertiary/aromatic N) is 3. The first-order valence-electron chi connectivity index (χ1n) is 9.89. The number of hydrogen-bond acceptors (Lipinski definition) is 5. The standard InChI is InChI=1S/C21H27N3O3/c1-14-20(15(2)27-23-14)18-3-8-22-19(13-18)16-4-9-24(10-5-16)21(25)17-6-11-26-12-7-17/h3,8,13,16-17H,4-7,9-12H2,1-2H3. The van der Waals surface area contributed by atoms with Gasteiger partial charge in [-0.15, -0.1) is 0 Å². The number of piperidine rings is 1. The zero-order chi connectivity index (χ0) is 18.8. The smallest absolute Gasteiger partial charge is 0.225 e. The third kappa shape index (κ3) is 3.76. The zero-order valence-corrected chi connectivity index (χ0v) is 16.1. The molecular formula is C21H27N3O3. The van der Waals surface area contributed by atoms with Crippen LogP contribution in [0.5, 0.6) is 0 Å². The number of rotatable bonds is 3. The van der Waals surface area contributed by atoms with E-state index in [4.69, 9.17) is 9.26 Å². The van der Waals surface area contributed by atoms with Crippen LogP contribution < -0.4 is 0 Å². The molecule has 4 rings (SSSR count). The van der Waals surface area contributed by atoms with Crippen LogP contribution >= 0.6 is 0 Å². The van der Waals surface area contributed by atoms with Gasteiger partial charge in [0.25, 0.3) is 0 Å². The van der Waals surface area contributed by atoms with Gasteiger partial charge in [-0.1, -0.05) is 5.16 Å². The van der Waals surface area contributed by atoms with E-state index in [0.717, 1.165) is 67.0 Å². The highest BCUT2D eigenvalue weighted by Crippen LogP contribution is 2.32. The predicted octanol–water partition coefficient (Wildman–Crippen LogP) is 3.49. The molecule has 2 aromatic rings. The third-order valence-corrected chi connectivity index (χ3v) is 5.90. The predicted molar refractivity (Wildman–Crippen MR) is 101 cm³/mol. The number of amides is 1. The van der Waals surface area contributed by atoms with Gasteiger partial charge in [0.1, 0.15) is 5.76 Å². The van der Waals surface area contributed by atoms with Crippen molar-refractivity contribution in [3.63, 3.8) is 0 Å². The molecule has 0 aromatic carbocycles. The number of aromatic nitrogens is 2. The Kier molecular flexibility index (Phi) is 5.25. The van der Waals surface area contributed by atoms with Crippen LogP contribution in [0.2, 0.25) is 0 Å². The van der Waals surface area contributed by atoms with Gasteiger partial charge in [-0.3, -0.25) is 9.78 Å². The van der Waals surface area contributed by atoms with Crippen LogP contribution in [0.4, 0.5) is 0 Å². The van der Waals surface area contributed by atoms with Crippen molar-refractivity contribution in [2.45, 2.75) is 45.4 Å². The Labute approximate surface area is 159 Å². The van der Waals surface area contributed by atoms with Gasteiger partial charge in [-0.05, 0) is 57.2 Å². The summed E-state index contributed by atoms with van der Waals surface area (Å²) in [5.41, 5.74) is 4.18. The lowest BCUT2D eigenvalue weighted by molar-refractivity contribution is -0.139. The summed E-state index contributed by atoms with van der Waals surface area (Å²) in [4.78, 5) is 19.4. The highest BCUT2D eigenvalue weighted by Gasteiger charge is 2.30. The average Bonchev–Trinajstić information content (AvgIpc) is 3.06. The molecule has 6 heteroatoms. The molecule has 27 heavy (non-hydrogen) atoms. The summed E-state index contributed by atoms with van der Waals surface area (Å²) in [5.74, 6) is 1.69. The molecule has 0 radical (unpaired) electrons. The molecule has 0 N–H and O–H groups in total. The molecule has 0 atom stereocenters. The van der Waals surface area contributed by atoms with Gasteiger partial charge in [-0.2, -0.15) is 0 Å². The van der Waals surface area contributed by atoms with Crippen molar-refractivity contribution in [3.8, 4) is 11.1 Å². The fourth-order valence-electron chi connectivity index (χ4n) is 4.32. The number of likely N-dealkylation sites (tertiary alicyclic amines) is 1. The van der Waals surface area contributed by atoms with Crippen molar-refractivity contribution in [2.75, 3.05) is 26.3 Å². The Morgan fingerprint density at radius 2 is 1.89 bits per heavy atom. The molecule has 0 aliphatic carbocycles. The van der Waals surface area contributed by atoms with Gasteiger partial charge in [-0.25, -0.2) is 0 Å². The lowest BCUT2D eigenvalue weighted by Crippen LogP contribution is -2.42. The molecule has 2 saturated heterocycles. The average molecular weight is 369 g/mol. The summed E-state index contributed by atoms with van der Waals surface area (Å²) < 4.78 is 10.7. The minimum Gasteiger partial charge on any atom is -0.381 e. The van der Waals surface area contributed by atoms with E-state index in [9.17, 15) is 4.79 Å². The molecule has 0 unspecified atom stereocenters. The Morgan fingerprint density at radius 3 is 2.56 bits per heavy atom. The van der Waals surface area contributed by atoms with Crippen LogP contribution in [0.25, 0.3) is 11.1 Å². The Bertz CT molecular complexity index is 783. The van der Waals surface area contributed by atoms with Gasteiger partial charge >= 0.3 is 0 Å². The topological polar surface area (TPSA) is 68.5 Å². The van der Waals surface area contributed by atoms with E-state index in [2.05, 4.69) is 16.2 Å². The lowest BCUT2D eigenvalue weighted by atomic mass is 9.90. The van der Waals surface area contributed by atoms with Crippen LogP contribution in [0.15, 0.2) is 22.9 Å². The first-order chi connectivity index (χ1) is 13.1. The number of carbonyl (C=O) groups is 1. The minimum atomic E-state index is 0.149. The molecule has 6 nitrogen and oxygen atoms in total. The van der Waals surface area contributed by atoms with E-state index in [1.165, 1.54) is 0 Å². The fourth-order valence-corrected chi connectivity index (χ4v) is 4.32. The zero-order valence-electron chi connectivity index (χ0n) is 16.1. The Morgan fingerprint density at radius 1 is 1.15 bits per heavy atom. The maximum atomic E-state index is 12.7. The third-order valence-electron chi connectivity index (χ3n) is 5.90. The van der Waals surface area contributed by atoms with Gasteiger partial charge in [0.15, 0.2) is 0 Å². The highest BCUT2D eigenvalue weighted by atomic mass is 16.5. The second kappa shape index (κ2) is 7.80. The van der Waals surface area contributed by atoms with E-state index in [1.807, 2.05) is 31.0 Å². The molecule has 144 valence electrons. The number of carbonyl (C=O) groups excluding carboxylic acids is 1. The molecule has 1 amide bonds. The number of ether oxygens (including phenoxy) is 1. The van der Waals surface area contributed by atoms with E-state index < -0.39 is 0 Å². The maximum Gasteiger partial charge on any atom is 0.225 e. The van der Waals surface area contributed by atoms with Crippen LogP contribution in [-0.4, -0.2) is 47.3 Å². The van der Waals surface area contributed by atoms with Crippen LogP contribution in [0.1, 0.15) is 48.7 Å². The van der Waals surface area contributed by atoms with Crippen molar-refractivity contribution in [1.29, 1.82) is 0 Å². The van der Waals surface area contributed by atoms with Crippen molar-refractivity contribution in [1.82, 2.24) is 15.0 Å². The lowest BCUT2D eigenvalue weighted by Gasteiger charge is -2.35. The van der Waals surface area contributed by atoms with Gasteiger partial charge in [0.05, 0.1) is 5.69 Å². The molecule has 2 aromatic heterocycles. The number of hydrogen-bond donors (Lipinski definition) is 0.